The molecule has 11 nitrogen and oxygen atoms in total. The zero-order chi connectivity index (χ0) is 14.8. The number of rotatable bonds is 6. The van der Waals surface area contributed by atoms with Crippen molar-refractivity contribution in [2.24, 2.45) is 0 Å². The van der Waals surface area contributed by atoms with Crippen molar-refractivity contribution < 1.29 is 52.7 Å². The van der Waals surface area contributed by atoms with Crippen molar-refractivity contribution in [3.63, 3.8) is 0 Å². The predicted molar refractivity (Wildman–Crippen MR) is 56.7 cm³/mol. The average molecular weight is 324 g/mol. The maximum absolute atomic E-state index is 10.5. The van der Waals surface area contributed by atoms with Crippen LogP contribution in [0.2, 0.25) is 0 Å². The largest absolute Gasteiger partial charge is 0.469 e. The lowest BCUT2D eigenvalue weighted by Gasteiger charge is -2.15. The Balaban J connectivity index is 2.51. The molecule has 6 N–H and O–H groups in total. The molecule has 0 radical (unpaired) electrons. The molecule has 1 saturated heterocycles. The van der Waals surface area contributed by atoms with Gasteiger partial charge in [-0.1, -0.05) is 0 Å². The van der Waals surface area contributed by atoms with E-state index >= 15 is 0 Å². The number of hydrogen-bond acceptors (Lipinski definition) is 7. The Labute approximate surface area is 107 Å². The second kappa shape index (κ2) is 6.25. The summed E-state index contributed by atoms with van der Waals surface area (Å²) < 4.78 is 34.1. The Morgan fingerprint density at radius 1 is 0.842 bits per heavy atom. The van der Waals surface area contributed by atoms with Crippen molar-refractivity contribution in [2.75, 3.05) is 13.2 Å². The fraction of sp³-hybridized carbons (Fsp3) is 1.00. The molecule has 1 aliphatic rings. The molecule has 1 aliphatic heterocycles. The zero-order valence-electron chi connectivity index (χ0n) is 9.34. The topological polar surface area (TPSA) is 183 Å². The molecule has 1 fully saturated rings. The van der Waals surface area contributed by atoms with Crippen LogP contribution in [0.25, 0.3) is 0 Å². The van der Waals surface area contributed by atoms with E-state index in [2.05, 4.69) is 9.05 Å². The number of ether oxygens (including phenoxy) is 1. The van der Waals surface area contributed by atoms with Gasteiger partial charge in [-0.3, -0.25) is 9.05 Å². The number of aliphatic hydroxyl groups is 2. The Bertz CT molecular complexity index is 351. The van der Waals surface area contributed by atoms with Crippen LogP contribution < -0.4 is 0 Å². The second-order valence-corrected chi connectivity index (χ2v) is 6.25. The summed E-state index contributed by atoms with van der Waals surface area (Å²) in [6.45, 7) is -1.40. The molecular weight excluding hydrogens is 310 g/mol. The molecule has 19 heavy (non-hydrogen) atoms. The SMILES string of the molecule is O=P(O)(O)OC[C@H]1O[C@H](COP(=O)(O)O)[C@@H](O)[C@@H]1O. The maximum Gasteiger partial charge on any atom is 0.469 e. The van der Waals surface area contributed by atoms with Gasteiger partial charge in [0.05, 0.1) is 13.2 Å². The van der Waals surface area contributed by atoms with E-state index in [-0.39, 0.29) is 0 Å². The van der Waals surface area contributed by atoms with Gasteiger partial charge in [-0.2, -0.15) is 0 Å². The van der Waals surface area contributed by atoms with E-state index in [4.69, 9.17) is 24.3 Å². The molecular formula is C6H14O11P2. The first-order chi connectivity index (χ1) is 8.49. The quantitative estimate of drug-likeness (QED) is 0.289. The van der Waals surface area contributed by atoms with Crippen molar-refractivity contribution in [3.8, 4) is 0 Å². The first-order valence-electron chi connectivity index (χ1n) is 4.91. The standard InChI is InChI=1S/C6H14O11P2/c7-5-3(1-15-18(9,10)11)17-4(6(5)8)2-16-19(12,13)14/h3-8H,1-2H2,(H2,9,10,11)(H2,12,13,14)/t3-,4-,5-,6-/m1/s1. The first kappa shape index (κ1) is 17.2. The van der Waals surface area contributed by atoms with Crippen molar-refractivity contribution in [1.29, 1.82) is 0 Å². The van der Waals surface area contributed by atoms with Gasteiger partial charge >= 0.3 is 15.6 Å². The fourth-order valence-corrected chi connectivity index (χ4v) is 2.12. The minimum absolute atomic E-state index is 0.699. The lowest BCUT2D eigenvalue weighted by atomic mass is 10.1. The molecule has 0 amide bonds. The monoisotopic (exact) mass is 324 g/mol. The second-order valence-electron chi connectivity index (χ2n) is 3.77. The molecule has 0 bridgehead atoms. The normalized spacial score (nSPS) is 32.7. The number of phosphoric ester groups is 2. The van der Waals surface area contributed by atoms with Crippen LogP contribution >= 0.6 is 15.6 Å². The average Bonchev–Trinajstić information content (AvgIpc) is 2.49. The van der Waals surface area contributed by atoms with Crippen molar-refractivity contribution in [2.45, 2.75) is 24.4 Å². The summed E-state index contributed by atoms with van der Waals surface area (Å²) in [5, 5.41) is 19.0. The molecule has 13 heteroatoms. The smallest absolute Gasteiger partial charge is 0.388 e. The van der Waals surface area contributed by atoms with Gasteiger partial charge in [0.25, 0.3) is 0 Å². The molecule has 0 aromatic rings. The Morgan fingerprint density at radius 2 is 1.16 bits per heavy atom. The van der Waals surface area contributed by atoms with Gasteiger partial charge in [0.2, 0.25) is 0 Å². The maximum atomic E-state index is 10.5. The number of hydrogen-bond donors (Lipinski definition) is 6. The predicted octanol–water partition coefficient (Wildman–Crippen LogP) is -2.31. The van der Waals surface area contributed by atoms with E-state index in [1.165, 1.54) is 0 Å². The van der Waals surface area contributed by atoms with E-state index in [0.717, 1.165) is 0 Å². The Kier molecular flexibility index (Phi) is 5.64. The van der Waals surface area contributed by atoms with Crippen LogP contribution in [0.4, 0.5) is 0 Å². The highest BCUT2D eigenvalue weighted by atomic mass is 31.2. The zero-order valence-corrected chi connectivity index (χ0v) is 11.1. The Hall–Kier alpha value is 0.1000. The van der Waals surface area contributed by atoms with Gasteiger partial charge in [-0.25, -0.2) is 9.13 Å². The Morgan fingerprint density at radius 3 is 1.42 bits per heavy atom. The molecule has 0 aromatic heterocycles. The van der Waals surface area contributed by atoms with Crippen LogP contribution in [0.3, 0.4) is 0 Å². The van der Waals surface area contributed by atoms with Crippen LogP contribution in [-0.2, 0) is 22.9 Å². The van der Waals surface area contributed by atoms with Crippen molar-refractivity contribution in [3.05, 3.63) is 0 Å². The van der Waals surface area contributed by atoms with E-state index in [9.17, 15) is 19.3 Å². The molecule has 1 rings (SSSR count). The van der Waals surface area contributed by atoms with Crippen LogP contribution in [0.1, 0.15) is 0 Å². The van der Waals surface area contributed by atoms with Gasteiger partial charge in [-0.15, -0.1) is 0 Å². The third-order valence-electron chi connectivity index (χ3n) is 2.28. The minimum atomic E-state index is -4.75. The molecule has 0 spiro atoms. The molecule has 114 valence electrons. The minimum Gasteiger partial charge on any atom is -0.388 e. The molecule has 1 heterocycles. The fourth-order valence-electron chi connectivity index (χ4n) is 1.44. The summed E-state index contributed by atoms with van der Waals surface area (Å²) >= 11 is 0. The van der Waals surface area contributed by atoms with Gasteiger partial charge in [0.15, 0.2) is 0 Å². The third kappa shape index (κ3) is 5.94. The highest BCUT2D eigenvalue weighted by Crippen LogP contribution is 2.39. The van der Waals surface area contributed by atoms with Crippen molar-refractivity contribution in [1.82, 2.24) is 0 Å². The molecule has 0 aromatic carbocycles. The summed E-state index contributed by atoms with van der Waals surface area (Å²) in [5.74, 6) is 0. The van der Waals surface area contributed by atoms with Gasteiger partial charge in [-0.05, 0) is 0 Å². The first-order valence-corrected chi connectivity index (χ1v) is 7.97. The van der Waals surface area contributed by atoms with Crippen LogP contribution in [0.15, 0.2) is 0 Å². The lowest BCUT2D eigenvalue weighted by Crippen LogP contribution is -2.35. The highest BCUT2D eigenvalue weighted by Gasteiger charge is 2.44. The molecule has 4 atom stereocenters. The summed E-state index contributed by atoms with van der Waals surface area (Å²) in [4.78, 5) is 33.9. The van der Waals surface area contributed by atoms with E-state index < -0.39 is 53.3 Å². The highest BCUT2D eigenvalue weighted by molar-refractivity contribution is 7.46. The molecule has 0 saturated carbocycles. The van der Waals surface area contributed by atoms with E-state index in [0.29, 0.717) is 0 Å². The lowest BCUT2D eigenvalue weighted by molar-refractivity contribution is -0.0382. The van der Waals surface area contributed by atoms with Crippen LogP contribution in [0.5, 0.6) is 0 Å². The summed E-state index contributed by atoms with van der Waals surface area (Å²) in [6, 6.07) is 0. The number of phosphoric acid groups is 2. The molecule has 0 unspecified atom stereocenters. The van der Waals surface area contributed by atoms with Gasteiger partial charge in [0, 0.05) is 0 Å². The summed E-state index contributed by atoms with van der Waals surface area (Å²) in [5.41, 5.74) is 0. The van der Waals surface area contributed by atoms with E-state index in [1.54, 1.807) is 0 Å². The molecule has 0 aliphatic carbocycles. The number of aliphatic hydroxyl groups excluding tert-OH is 2. The summed E-state index contributed by atoms with van der Waals surface area (Å²) in [6.07, 6.45) is -5.57. The van der Waals surface area contributed by atoms with Crippen LogP contribution in [-0.4, -0.2) is 67.4 Å². The van der Waals surface area contributed by atoms with Crippen molar-refractivity contribution >= 4 is 15.6 Å². The van der Waals surface area contributed by atoms with Gasteiger partial charge < -0.3 is 34.5 Å². The van der Waals surface area contributed by atoms with E-state index in [1.807, 2.05) is 0 Å². The third-order valence-corrected chi connectivity index (χ3v) is 3.25. The summed E-state index contributed by atoms with van der Waals surface area (Å²) in [7, 11) is -9.51. The van der Waals surface area contributed by atoms with Gasteiger partial charge in [0.1, 0.15) is 24.4 Å². The van der Waals surface area contributed by atoms with Crippen LogP contribution in [0, 0.1) is 0 Å².